The number of nitrogens with one attached hydrogen (secondary N) is 1. The number of aliphatic imine (C=N–C) groups is 1. The molecule has 0 radical (unpaired) electrons. The Morgan fingerprint density at radius 1 is 1.07 bits per heavy atom. The molecule has 0 saturated carbocycles. The molecule has 3 rings (SSSR count). The lowest BCUT2D eigenvalue weighted by molar-refractivity contribution is -0.384. The number of nitro benzene ring substituents is 1. The monoisotopic (exact) mass is 367 g/mol. The number of nitro groups is 1. The predicted molar refractivity (Wildman–Crippen MR) is 107 cm³/mol. The Bertz CT molecular complexity index is 786. The molecule has 0 unspecified atom stereocenters. The van der Waals surface area contributed by atoms with Crippen LogP contribution in [0, 0.1) is 10.1 Å². The van der Waals surface area contributed by atoms with Crippen LogP contribution in [-0.2, 0) is 13.1 Å². The van der Waals surface area contributed by atoms with E-state index >= 15 is 0 Å². The zero-order valence-corrected chi connectivity index (χ0v) is 15.5. The van der Waals surface area contributed by atoms with Gasteiger partial charge in [-0.15, -0.1) is 0 Å². The fraction of sp³-hybridized carbons (Fsp3) is 0.350. The van der Waals surface area contributed by atoms with E-state index in [9.17, 15) is 10.1 Å². The van der Waals surface area contributed by atoms with Crippen LogP contribution < -0.4 is 5.32 Å². The van der Waals surface area contributed by atoms with Gasteiger partial charge in [0.1, 0.15) is 0 Å². The van der Waals surface area contributed by atoms with Gasteiger partial charge in [0.05, 0.1) is 4.92 Å². The first-order valence-corrected chi connectivity index (χ1v) is 9.11. The Labute approximate surface area is 159 Å². The molecule has 0 aliphatic carbocycles. The van der Waals surface area contributed by atoms with Crippen molar-refractivity contribution in [1.29, 1.82) is 0 Å². The van der Waals surface area contributed by atoms with Crippen LogP contribution in [0.4, 0.5) is 5.69 Å². The molecule has 1 aliphatic rings. The third kappa shape index (κ3) is 5.27. The zero-order chi connectivity index (χ0) is 19.1. The molecule has 142 valence electrons. The van der Waals surface area contributed by atoms with E-state index in [1.807, 2.05) is 12.1 Å². The molecule has 1 fully saturated rings. The number of benzene rings is 2. The van der Waals surface area contributed by atoms with E-state index < -0.39 is 0 Å². The third-order valence-electron chi connectivity index (χ3n) is 4.70. The van der Waals surface area contributed by atoms with Crippen molar-refractivity contribution in [3.63, 3.8) is 0 Å². The van der Waals surface area contributed by atoms with E-state index in [1.54, 1.807) is 19.2 Å². The van der Waals surface area contributed by atoms with Crippen LogP contribution in [0.25, 0.3) is 0 Å². The molecule has 0 amide bonds. The van der Waals surface area contributed by atoms with Gasteiger partial charge < -0.3 is 10.2 Å². The smallest absolute Gasteiger partial charge is 0.269 e. The SMILES string of the molecule is CN=C(NCc1cccc([N+](=O)[O-])c1)N1CCN(Cc2ccccc2)CC1. The number of nitrogens with zero attached hydrogens (tertiary/aromatic N) is 4. The molecule has 1 aliphatic heterocycles. The summed E-state index contributed by atoms with van der Waals surface area (Å²) in [6, 6.07) is 17.2. The third-order valence-corrected chi connectivity index (χ3v) is 4.70. The van der Waals surface area contributed by atoms with Crippen LogP contribution >= 0.6 is 0 Å². The number of piperazine rings is 1. The highest BCUT2D eigenvalue weighted by molar-refractivity contribution is 5.80. The standard InChI is InChI=1S/C20H25N5O2/c1-21-20(22-15-18-8-5-9-19(14-18)25(26)27)24-12-10-23(11-13-24)16-17-6-3-2-4-7-17/h2-9,14H,10-13,15-16H2,1H3,(H,21,22). The second-order valence-corrected chi connectivity index (χ2v) is 6.58. The summed E-state index contributed by atoms with van der Waals surface area (Å²) >= 11 is 0. The van der Waals surface area contributed by atoms with Gasteiger partial charge in [-0.2, -0.15) is 0 Å². The molecule has 0 bridgehead atoms. The highest BCUT2D eigenvalue weighted by Crippen LogP contribution is 2.13. The topological polar surface area (TPSA) is 74.0 Å². The number of non-ortho nitro benzene ring substituents is 1. The van der Waals surface area contributed by atoms with Gasteiger partial charge in [-0.3, -0.25) is 20.0 Å². The van der Waals surface area contributed by atoms with Gasteiger partial charge >= 0.3 is 0 Å². The average molecular weight is 367 g/mol. The van der Waals surface area contributed by atoms with Crippen molar-refractivity contribution in [1.82, 2.24) is 15.1 Å². The second kappa shape index (κ2) is 9.14. The molecule has 1 heterocycles. The van der Waals surface area contributed by atoms with Gasteiger partial charge in [0.25, 0.3) is 5.69 Å². The first-order valence-electron chi connectivity index (χ1n) is 9.11. The van der Waals surface area contributed by atoms with Crippen LogP contribution in [0.5, 0.6) is 0 Å². The van der Waals surface area contributed by atoms with Gasteiger partial charge in [0.2, 0.25) is 0 Å². The first-order chi connectivity index (χ1) is 13.2. The molecule has 0 aromatic heterocycles. The van der Waals surface area contributed by atoms with Crippen molar-refractivity contribution in [3.8, 4) is 0 Å². The highest BCUT2D eigenvalue weighted by Gasteiger charge is 2.19. The van der Waals surface area contributed by atoms with Crippen molar-refractivity contribution < 1.29 is 4.92 Å². The van der Waals surface area contributed by atoms with E-state index in [-0.39, 0.29) is 10.6 Å². The van der Waals surface area contributed by atoms with Gasteiger partial charge in [-0.05, 0) is 11.1 Å². The van der Waals surface area contributed by atoms with Crippen molar-refractivity contribution in [3.05, 3.63) is 75.8 Å². The Kier molecular flexibility index (Phi) is 6.38. The summed E-state index contributed by atoms with van der Waals surface area (Å²) in [7, 11) is 1.77. The van der Waals surface area contributed by atoms with Crippen molar-refractivity contribution in [2.24, 2.45) is 4.99 Å². The van der Waals surface area contributed by atoms with Gasteiger partial charge in [0.15, 0.2) is 5.96 Å². The molecule has 0 spiro atoms. The largest absolute Gasteiger partial charge is 0.352 e. The Hall–Kier alpha value is -2.93. The molecule has 0 atom stereocenters. The van der Waals surface area contributed by atoms with E-state index in [0.717, 1.165) is 44.2 Å². The molecule has 7 heteroatoms. The highest BCUT2D eigenvalue weighted by atomic mass is 16.6. The lowest BCUT2D eigenvalue weighted by Gasteiger charge is -2.36. The lowest BCUT2D eigenvalue weighted by Crippen LogP contribution is -2.52. The van der Waals surface area contributed by atoms with Crippen LogP contribution in [0.15, 0.2) is 59.6 Å². The molecular formula is C20H25N5O2. The predicted octanol–water partition coefficient (Wildman–Crippen LogP) is 2.49. The van der Waals surface area contributed by atoms with Gasteiger partial charge in [-0.25, -0.2) is 0 Å². The van der Waals surface area contributed by atoms with E-state index in [2.05, 4.69) is 44.4 Å². The van der Waals surface area contributed by atoms with Crippen LogP contribution in [0.3, 0.4) is 0 Å². The minimum absolute atomic E-state index is 0.110. The van der Waals surface area contributed by atoms with Crippen molar-refractivity contribution >= 4 is 11.6 Å². The maximum atomic E-state index is 10.9. The normalized spacial score (nSPS) is 15.6. The summed E-state index contributed by atoms with van der Waals surface area (Å²) in [5.41, 5.74) is 2.31. The van der Waals surface area contributed by atoms with Crippen molar-refractivity contribution in [2.45, 2.75) is 13.1 Å². The van der Waals surface area contributed by atoms with E-state index in [4.69, 9.17) is 0 Å². The molecule has 1 N–H and O–H groups in total. The molecular weight excluding hydrogens is 342 g/mol. The van der Waals surface area contributed by atoms with Crippen LogP contribution in [-0.4, -0.2) is 53.9 Å². The summed E-state index contributed by atoms with van der Waals surface area (Å²) in [5, 5.41) is 14.2. The summed E-state index contributed by atoms with van der Waals surface area (Å²) in [5.74, 6) is 0.834. The van der Waals surface area contributed by atoms with Crippen LogP contribution in [0.1, 0.15) is 11.1 Å². The minimum Gasteiger partial charge on any atom is -0.352 e. The first kappa shape index (κ1) is 18.8. The quantitative estimate of drug-likeness (QED) is 0.380. The van der Waals surface area contributed by atoms with E-state index in [1.165, 1.54) is 11.6 Å². The number of rotatable bonds is 5. The van der Waals surface area contributed by atoms with Crippen LogP contribution in [0.2, 0.25) is 0 Å². The number of hydrogen-bond donors (Lipinski definition) is 1. The molecule has 7 nitrogen and oxygen atoms in total. The van der Waals surface area contributed by atoms with Crippen molar-refractivity contribution in [2.75, 3.05) is 33.2 Å². The number of hydrogen-bond acceptors (Lipinski definition) is 4. The Balaban J connectivity index is 1.50. The molecule has 1 saturated heterocycles. The zero-order valence-electron chi connectivity index (χ0n) is 15.5. The summed E-state index contributed by atoms with van der Waals surface area (Å²) in [6.07, 6.45) is 0. The van der Waals surface area contributed by atoms with E-state index in [0.29, 0.717) is 6.54 Å². The Morgan fingerprint density at radius 3 is 2.44 bits per heavy atom. The maximum Gasteiger partial charge on any atom is 0.269 e. The summed E-state index contributed by atoms with van der Waals surface area (Å²) < 4.78 is 0. The number of guanidine groups is 1. The van der Waals surface area contributed by atoms with Gasteiger partial charge in [0, 0.05) is 58.4 Å². The Morgan fingerprint density at radius 2 is 1.78 bits per heavy atom. The maximum absolute atomic E-state index is 10.9. The summed E-state index contributed by atoms with van der Waals surface area (Å²) in [4.78, 5) is 19.6. The molecule has 27 heavy (non-hydrogen) atoms. The fourth-order valence-corrected chi connectivity index (χ4v) is 3.25. The van der Waals surface area contributed by atoms with Gasteiger partial charge in [-0.1, -0.05) is 42.5 Å². The molecule has 2 aromatic carbocycles. The minimum atomic E-state index is -0.371. The summed E-state index contributed by atoms with van der Waals surface area (Å²) in [6.45, 7) is 5.24. The average Bonchev–Trinajstić information content (AvgIpc) is 2.70. The lowest BCUT2D eigenvalue weighted by atomic mass is 10.2. The molecule has 2 aromatic rings. The second-order valence-electron chi connectivity index (χ2n) is 6.58. The fourth-order valence-electron chi connectivity index (χ4n) is 3.25.